The molecule has 3 atom stereocenters. The standard InChI is InChI=1S/C7H11Cl3Si.C3H2F6O/c8-11(9,10)7-4-5-1-2-6(7)3-5;4-2(5,6)1(10)3(7,8)9/h5-7H,1-4H2;1,10H. The Morgan fingerprint density at radius 1 is 0.905 bits per heavy atom. The molecule has 1 nitrogen and oxygen atoms in total. The molecule has 2 aliphatic rings. The van der Waals surface area contributed by atoms with Gasteiger partial charge in [-0.15, -0.1) is 33.2 Å². The van der Waals surface area contributed by atoms with Gasteiger partial charge in [-0.2, -0.15) is 26.3 Å². The molecule has 0 radical (unpaired) electrons. The van der Waals surface area contributed by atoms with Crippen molar-refractivity contribution in [3.63, 3.8) is 0 Å². The highest BCUT2D eigenvalue weighted by Gasteiger charge is 2.55. The van der Waals surface area contributed by atoms with E-state index in [-0.39, 0.29) is 0 Å². The largest absolute Gasteiger partial charge is 0.423 e. The first-order valence-corrected chi connectivity index (χ1v) is 11.2. The van der Waals surface area contributed by atoms with Crippen LogP contribution in [-0.4, -0.2) is 29.6 Å². The van der Waals surface area contributed by atoms with E-state index in [9.17, 15) is 26.3 Å². The average Bonchev–Trinajstić information content (AvgIpc) is 2.86. The lowest BCUT2D eigenvalue weighted by Crippen LogP contribution is -2.41. The van der Waals surface area contributed by atoms with E-state index in [2.05, 4.69) is 0 Å². The van der Waals surface area contributed by atoms with Gasteiger partial charge in [0.05, 0.1) is 0 Å². The fraction of sp³-hybridized carbons (Fsp3) is 1.00. The predicted molar refractivity (Wildman–Crippen MR) is 70.6 cm³/mol. The van der Waals surface area contributed by atoms with Gasteiger partial charge in [0.25, 0.3) is 0 Å². The van der Waals surface area contributed by atoms with Gasteiger partial charge in [-0.25, -0.2) is 0 Å². The summed E-state index contributed by atoms with van der Waals surface area (Å²) >= 11 is 18.0. The highest BCUT2D eigenvalue weighted by Crippen LogP contribution is 2.58. The molecule has 2 rings (SSSR count). The SMILES string of the molecule is Cl[Si](Cl)(Cl)C1CC2CCC1C2.OC(C(F)(F)F)C(F)(F)F. The van der Waals surface area contributed by atoms with Crippen molar-refractivity contribution in [1.29, 1.82) is 0 Å². The maximum absolute atomic E-state index is 11.0. The number of aliphatic hydroxyl groups is 1. The van der Waals surface area contributed by atoms with Crippen LogP contribution in [0.15, 0.2) is 0 Å². The molecule has 1 N–H and O–H groups in total. The third-order valence-electron chi connectivity index (χ3n) is 3.78. The highest BCUT2D eigenvalue weighted by molar-refractivity contribution is 7.65. The molecule has 0 amide bonds. The highest BCUT2D eigenvalue weighted by atomic mass is 35.8. The summed E-state index contributed by atoms with van der Waals surface area (Å²) in [7, 11) is 0. The summed E-state index contributed by atoms with van der Waals surface area (Å²) in [5.41, 5.74) is 0.478. The molecule has 0 aromatic rings. The lowest BCUT2D eigenvalue weighted by atomic mass is 10.0. The molecule has 0 saturated heterocycles. The lowest BCUT2D eigenvalue weighted by molar-refractivity contribution is -0.308. The maximum Gasteiger partial charge on any atom is 0.423 e. The summed E-state index contributed by atoms with van der Waals surface area (Å²) in [4.78, 5) is 0. The minimum Gasteiger partial charge on any atom is -0.377 e. The van der Waals surface area contributed by atoms with Gasteiger partial charge in [-0.3, -0.25) is 0 Å². The Bertz CT molecular complexity index is 342. The topological polar surface area (TPSA) is 20.2 Å². The fourth-order valence-electron chi connectivity index (χ4n) is 2.83. The first-order chi connectivity index (χ1) is 9.23. The minimum atomic E-state index is -5.63. The van der Waals surface area contributed by atoms with E-state index >= 15 is 0 Å². The molecule has 11 heteroatoms. The van der Waals surface area contributed by atoms with Gasteiger partial charge in [-0.05, 0) is 30.2 Å². The summed E-state index contributed by atoms with van der Waals surface area (Å²) < 4.78 is 65.9. The number of hydrogen-bond donors (Lipinski definition) is 1. The smallest absolute Gasteiger partial charge is 0.377 e. The molecule has 2 fully saturated rings. The number of aliphatic hydroxyl groups excluding tert-OH is 1. The zero-order valence-electron chi connectivity index (χ0n) is 10.5. The molecule has 0 aromatic heterocycles. The van der Waals surface area contributed by atoms with E-state index < -0.39 is 24.5 Å². The van der Waals surface area contributed by atoms with E-state index in [1.54, 1.807) is 0 Å². The Hall–Kier alpha value is 0.627. The number of halogens is 9. The predicted octanol–water partition coefficient (Wildman–Crippen LogP) is 5.30. The number of fused-ring (bicyclic) bond motifs is 2. The second-order valence-electron chi connectivity index (χ2n) is 5.31. The first-order valence-electron chi connectivity index (χ1n) is 6.11. The zero-order valence-corrected chi connectivity index (χ0v) is 13.8. The van der Waals surface area contributed by atoms with E-state index in [4.69, 9.17) is 38.3 Å². The quantitative estimate of drug-likeness (QED) is 0.361. The van der Waals surface area contributed by atoms with Crippen molar-refractivity contribution < 1.29 is 31.4 Å². The first kappa shape index (κ1) is 19.7. The van der Waals surface area contributed by atoms with Crippen LogP contribution in [0.2, 0.25) is 5.54 Å². The van der Waals surface area contributed by atoms with Crippen molar-refractivity contribution in [3.8, 4) is 0 Å². The van der Waals surface area contributed by atoms with E-state index in [0.29, 0.717) is 5.54 Å². The molecule has 3 unspecified atom stereocenters. The van der Waals surface area contributed by atoms with Crippen LogP contribution in [0.4, 0.5) is 26.3 Å². The van der Waals surface area contributed by atoms with Gasteiger partial charge in [0.1, 0.15) is 0 Å². The van der Waals surface area contributed by atoms with Crippen LogP contribution in [0.1, 0.15) is 25.7 Å². The van der Waals surface area contributed by atoms with E-state index in [1.807, 2.05) is 0 Å². The molecule has 2 bridgehead atoms. The Morgan fingerprint density at radius 3 is 1.52 bits per heavy atom. The Kier molecular flexibility index (Phi) is 6.21. The summed E-state index contributed by atoms with van der Waals surface area (Å²) in [6.45, 7) is 0. The third kappa shape index (κ3) is 5.64. The van der Waals surface area contributed by atoms with Gasteiger partial charge < -0.3 is 5.11 Å². The van der Waals surface area contributed by atoms with Crippen LogP contribution in [0.5, 0.6) is 0 Å². The van der Waals surface area contributed by atoms with Crippen LogP contribution in [0.3, 0.4) is 0 Å². The average molecular weight is 398 g/mol. The fourth-order valence-corrected chi connectivity index (χ4v) is 6.67. The molecular weight excluding hydrogens is 385 g/mol. The molecule has 0 aromatic carbocycles. The van der Waals surface area contributed by atoms with Crippen LogP contribution in [0, 0.1) is 11.8 Å². The van der Waals surface area contributed by atoms with Gasteiger partial charge in [0.2, 0.25) is 6.10 Å². The van der Waals surface area contributed by atoms with Crippen molar-refractivity contribution in [2.75, 3.05) is 0 Å². The van der Waals surface area contributed by atoms with Crippen LogP contribution < -0.4 is 0 Å². The normalized spacial score (nSPS) is 29.6. The van der Waals surface area contributed by atoms with Crippen LogP contribution in [-0.2, 0) is 0 Å². The number of rotatable bonds is 1. The van der Waals surface area contributed by atoms with Crippen molar-refractivity contribution in [2.45, 2.75) is 49.7 Å². The van der Waals surface area contributed by atoms with Crippen molar-refractivity contribution in [2.24, 2.45) is 11.8 Å². The minimum absolute atomic E-state index is 0.478. The second kappa shape index (κ2) is 6.63. The summed E-state index contributed by atoms with van der Waals surface area (Å²) in [5, 5.41) is 7.47. The van der Waals surface area contributed by atoms with Crippen LogP contribution >= 0.6 is 33.2 Å². The Balaban J connectivity index is 0.000000212. The van der Waals surface area contributed by atoms with Gasteiger partial charge in [0.15, 0.2) is 0 Å². The summed E-state index contributed by atoms with van der Waals surface area (Å²) in [6.07, 6.45) is -10.2. The molecule has 126 valence electrons. The zero-order chi connectivity index (χ0) is 16.6. The van der Waals surface area contributed by atoms with Crippen molar-refractivity contribution in [1.82, 2.24) is 0 Å². The van der Waals surface area contributed by atoms with E-state index in [1.165, 1.54) is 25.7 Å². The molecular formula is C10H13Cl3F6OSi. The number of alkyl halides is 6. The number of hydrogen-bond acceptors (Lipinski definition) is 1. The Labute approximate surface area is 132 Å². The van der Waals surface area contributed by atoms with Crippen molar-refractivity contribution in [3.05, 3.63) is 0 Å². The Morgan fingerprint density at radius 2 is 1.38 bits per heavy atom. The second-order valence-corrected chi connectivity index (χ2v) is 14.2. The molecule has 0 aliphatic heterocycles. The maximum atomic E-state index is 11.0. The molecule has 21 heavy (non-hydrogen) atoms. The molecule has 0 heterocycles. The monoisotopic (exact) mass is 396 g/mol. The molecule has 2 aliphatic carbocycles. The summed E-state index contributed by atoms with van der Waals surface area (Å²) in [5.74, 6) is 1.66. The summed E-state index contributed by atoms with van der Waals surface area (Å²) in [6, 6.07) is -2.36. The van der Waals surface area contributed by atoms with Crippen molar-refractivity contribution >= 4 is 39.2 Å². The van der Waals surface area contributed by atoms with Gasteiger partial charge >= 0.3 is 18.4 Å². The van der Waals surface area contributed by atoms with E-state index in [0.717, 1.165) is 11.8 Å². The lowest BCUT2D eigenvalue weighted by Gasteiger charge is -2.25. The molecule has 0 spiro atoms. The van der Waals surface area contributed by atoms with Gasteiger partial charge in [-0.1, -0.05) is 12.8 Å². The van der Waals surface area contributed by atoms with Gasteiger partial charge in [0, 0.05) is 0 Å². The molecule has 2 saturated carbocycles. The third-order valence-corrected chi connectivity index (χ3v) is 7.85. The van der Waals surface area contributed by atoms with Crippen LogP contribution in [0.25, 0.3) is 0 Å².